The van der Waals surface area contributed by atoms with Crippen LogP contribution in [0.4, 0.5) is 5.69 Å². The molecule has 0 heterocycles. The van der Waals surface area contributed by atoms with Crippen LogP contribution in [0.2, 0.25) is 0 Å². The number of nitrogens with one attached hydrogen (secondary N) is 2. The van der Waals surface area contributed by atoms with Crippen molar-refractivity contribution < 1.29 is 4.79 Å². The minimum Gasteiger partial charge on any atom is -0.374 e. The van der Waals surface area contributed by atoms with E-state index in [1.54, 1.807) is 5.56 Å². The lowest BCUT2D eigenvalue weighted by Crippen LogP contribution is -2.48. The van der Waals surface area contributed by atoms with Gasteiger partial charge in [-0.2, -0.15) is 0 Å². The molecule has 0 spiro atoms. The second kappa shape index (κ2) is 7.39. The number of rotatable bonds is 5. The molecule has 3 heteroatoms. The second-order valence-electron chi connectivity index (χ2n) is 10.5. The smallest absolute Gasteiger partial charge is 0.242 e. The zero-order valence-electron chi connectivity index (χ0n) is 17.4. The zero-order valence-corrected chi connectivity index (χ0v) is 17.4. The first kappa shape index (κ1) is 18.5. The van der Waals surface area contributed by atoms with Crippen molar-refractivity contribution in [2.75, 3.05) is 5.32 Å². The summed E-state index contributed by atoms with van der Waals surface area (Å²) in [7, 11) is 0. The van der Waals surface area contributed by atoms with Crippen molar-refractivity contribution in [2.45, 2.75) is 95.1 Å². The molecule has 3 nitrogen and oxygen atoms in total. The molecule has 2 N–H and O–H groups in total. The van der Waals surface area contributed by atoms with Gasteiger partial charge in [0.05, 0.1) is 0 Å². The maximum atomic E-state index is 12.5. The first-order valence-corrected chi connectivity index (χ1v) is 11.8. The molecule has 5 aliphatic carbocycles. The lowest BCUT2D eigenvalue weighted by Gasteiger charge is -2.57. The van der Waals surface area contributed by atoms with Gasteiger partial charge in [0.15, 0.2) is 0 Å². The molecule has 5 fully saturated rings. The van der Waals surface area contributed by atoms with E-state index in [0.717, 1.165) is 36.3 Å². The van der Waals surface area contributed by atoms with Crippen molar-refractivity contribution >= 4 is 11.6 Å². The molecule has 0 aromatic heterocycles. The molecular weight excluding hydrogens is 344 g/mol. The van der Waals surface area contributed by atoms with Crippen molar-refractivity contribution in [3.05, 3.63) is 29.8 Å². The van der Waals surface area contributed by atoms with Gasteiger partial charge in [-0.1, -0.05) is 31.4 Å². The van der Waals surface area contributed by atoms with Crippen LogP contribution in [0.5, 0.6) is 0 Å². The Morgan fingerprint density at radius 3 is 2.07 bits per heavy atom. The van der Waals surface area contributed by atoms with E-state index in [1.807, 2.05) is 6.92 Å². The average Bonchev–Trinajstić information content (AvgIpc) is 2.68. The standard InChI is InChI=1S/C25H36N2O/c1-17(24(28)27-22-5-3-2-4-6-22)26-23-9-7-21(8-10-23)25-14-18-11-19(15-25)13-20(12-18)16-25/h7-10,17-20,22,26H,2-6,11-16H2,1H3,(H,27,28)/t17-,18?,19?,20?,25?/m0/s1. The summed E-state index contributed by atoms with van der Waals surface area (Å²) in [5.74, 6) is 3.07. The summed E-state index contributed by atoms with van der Waals surface area (Å²) in [5.41, 5.74) is 3.08. The van der Waals surface area contributed by atoms with E-state index in [1.165, 1.54) is 57.8 Å². The van der Waals surface area contributed by atoms with E-state index in [4.69, 9.17) is 0 Å². The van der Waals surface area contributed by atoms with Crippen LogP contribution in [0, 0.1) is 17.8 Å². The van der Waals surface area contributed by atoms with Crippen molar-refractivity contribution in [1.82, 2.24) is 5.32 Å². The Morgan fingerprint density at radius 1 is 0.929 bits per heavy atom. The summed E-state index contributed by atoms with van der Waals surface area (Å²) < 4.78 is 0. The van der Waals surface area contributed by atoms with Gasteiger partial charge in [-0.05, 0) is 99.2 Å². The topological polar surface area (TPSA) is 41.1 Å². The van der Waals surface area contributed by atoms with Crippen LogP contribution in [-0.4, -0.2) is 18.0 Å². The second-order valence-corrected chi connectivity index (χ2v) is 10.5. The SMILES string of the molecule is C[C@H](Nc1ccc(C23CC4CC(CC(C4)C2)C3)cc1)C(=O)NC1CCCCC1. The summed E-state index contributed by atoms with van der Waals surface area (Å²) >= 11 is 0. The van der Waals surface area contributed by atoms with E-state index < -0.39 is 0 Å². The molecule has 6 rings (SSSR count). The van der Waals surface area contributed by atoms with Crippen molar-refractivity contribution in [2.24, 2.45) is 17.8 Å². The molecule has 1 aromatic carbocycles. The molecule has 1 aromatic rings. The Kier molecular flexibility index (Phi) is 4.88. The third kappa shape index (κ3) is 3.57. The molecule has 5 saturated carbocycles. The van der Waals surface area contributed by atoms with Gasteiger partial charge in [-0.25, -0.2) is 0 Å². The number of anilines is 1. The number of carbonyl (C=O) groups is 1. The van der Waals surface area contributed by atoms with Gasteiger partial charge in [0.25, 0.3) is 0 Å². The maximum Gasteiger partial charge on any atom is 0.242 e. The minimum atomic E-state index is -0.188. The normalized spacial score (nSPS) is 35.5. The van der Waals surface area contributed by atoms with E-state index in [0.29, 0.717) is 11.5 Å². The Labute approximate surface area is 170 Å². The van der Waals surface area contributed by atoms with E-state index in [2.05, 4.69) is 34.9 Å². The molecule has 5 aliphatic rings. The van der Waals surface area contributed by atoms with Gasteiger partial charge >= 0.3 is 0 Å². The Morgan fingerprint density at radius 2 is 1.50 bits per heavy atom. The highest BCUT2D eigenvalue weighted by molar-refractivity contribution is 5.84. The monoisotopic (exact) mass is 380 g/mol. The molecule has 152 valence electrons. The molecule has 4 bridgehead atoms. The number of hydrogen-bond donors (Lipinski definition) is 2. The summed E-state index contributed by atoms with van der Waals surface area (Å²) in [5, 5.41) is 6.66. The lowest BCUT2D eigenvalue weighted by molar-refractivity contribution is -0.122. The molecule has 0 saturated heterocycles. The van der Waals surface area contributed by atoms with Crippen LogP contribution in [-0.2, 0) is 10.2 Å². The molecule has 0 aliphatic heterocycles. The fraction of sp³-hybridized carbons (Fsp3) is 0.720. The molecule has 28 heavy (non-hydrogen) atoms. The Hall–Kier alpha value is -1.51. The van der Waals surface area contributed by atoms with Gasteiger partial charge in [0.2, 0.25) is 5.91 Å². The predicted octanol–water partition coefficient (Wildman–Crippen LogP) is 5.40. The number of carbonyl (C=O) groups excluding carboxylic acids is 1. The van der Waals surface area contributed by atoms with E-state index in [9.17, 15) is 4.79 Å². The first-order chi connectivity index (χ1) is 13.6. The van der Waals surface area contributed by atoms with E-state index in [-0.39, 0.29) is 11.9 Å². The van der Waals surface area contributed by atoms with Crippen LogP contribution < -0.4 is 10.6 Å². The average molecular weight is 381 g/mol. The van der Waals surface area contributed by atoms with Crippen LogP contribution in [0.25, 0.3) is 0 Å². The van der Waals surface area contributed by atoms with Gasteiger partial charge in [0.1, 0.15) is 6.04 Å². The van der Waals surface area contributed by atoms with Gasteiger partial charge in [-0.3, -0.25) is 4.79 Å². The summed E-state index contributed by atoms with van der Waals surface area (Å²) in [6.07, 6.45) is 14.8. The van der Waals surface area contributed by atoms with Crippen molar-refractivity contribution in [3.63, 3.8) is 0 Å². The third-order valence-corrected chi connectivity index (χ3v) is 8.26. The highest BCUT2D eigenvalue weighted by atomic mass is 16.2. The Balaban J connectivity index is 1.21. The lowest BCUT2D eigenvalue weighted by atomic mass is 9.48. The fourth-order valence-corrected chi connectivity index (χ4v) is 7.27. The van der Waals surface area contributed by atoms with Gasteiger partial charge in [0, 0.05) is 11.7 Å². The maximum absolute atomic E-state index is 12.5. The highest BCUT2D eigenvalue weighted by Gasteiger charge is 2.51. The highest BCUT2D eigenvalue weighted by Crippen LogP contribution is 2.60. The first-order valence-electron chi connectivity index (χ1n) is 11.8. The number of amides is 1. The molecule has 1 atom stereocenters. The summed E-state index contributed by atoms with van der Waals surface area (Å²) in [6.45, 7) is 1.98. The minimum absolute atomic E-state index is 0.136. The van der Waals surface area contributed by atoms with E-state index >= 15 is 0 Å². The van der Waals surface area contributed by atoms with Crippen LogP contribution >= 0.6 is 0 Å². The van der Waals surface area contributed by atoms with Crippen LogP contribution in [0.1, 0.15) is 83.1 Å². The van der Waals surface area contributed by atoms with Crippen LogP contribution in [0.15, 0.2) is 24.3 Å². The molecule has 1 amide bonds. The summed E-state index contributed by atoms with van der Waals surface area (Å²) in [4.78, 5) is 12.5. The molecular formula is C25H36N2O. The fourth-order valence-electron chi connectivity index (χ4n) is 7.27. The number of benzene rings is 1. The largest absolute Gasteiger partial charge is 0.374 e. The van der Waals surface area contributed by atoms with Crippen molar-refractivity contribution in [3.8, 4) is 0 Å². The summed E-state index contributed by atoms with van der Waals surface area (Å²) in [6, 6.07) is 9.30. The molecule has 0 unspecified atom stereocenters. The molecule has 0 radical (unpaired) electrons. The Bertz CT molecular complexity index is 668. The zero-order chi connectivity index (χ0) is 19.1. The third-order valence-electron chi connectivity index (χ3n) is 8.26. The van der Waals surface area contributed by atoms with Crippen LogP contribution in [0.3, 0.4) is 0 Å². The predicted molar refractivity (Wildman–Crippen MR) is 114 cm³/mol. The quantitative estimate of drug-likeness (QED) is 0.718. The van der Waals surface area contributed by atoms with Crippen molar-refractivity contribution in [1.29, 1.82) is 0 Å². The van der Waals surface area contributed by atoms with Gasteiger partial charge in [-0.15, -0.1) is 0 Å². The number of hydrogen-bond acceptors (Lipinski definition) is 2. The van der Waals surface area contributed by atoms with Gasteiger partial charge < -0.3 is 10.6 Å².